The molecular weight excluding hydrogens is 250 g/mol. The second kappa shape index (κ2) is 3.24. The molecule has 0 bridgehead atoms. The molecule has 0 saturated heterocycles. The molecular formula is C13H16BrN. The average Bonchev–Trinajstić information content (AvgIpc) is 2.92. The minimum Gasteiger partial charge on any atom is -0.398 e. The van der Waals surface area contributed by atoms with E-state index in [-0.39, 0.29) is 0 Å². The zero-order chi connectivity index (χ0) is 10.6. The molecule has 1 fully saturated rings. The molecule has 2 aliphatic rings. The number of nitrogen functional groups attached to an aromatic ring is 1. The fourth-order valence-corrected chi connectivity index (χ4v) is 3.32. The number of anilines is 1. The number of halogens is 1. The number of rotatable bonds is 2. The Morgan fingerprint density at radius 1 is 1.33 bits per heavy atom. The Labute approximate surface area is 99.2 Å². The molecule has 0 spiro atoms. The molecule has 0 amide bonds. The highest BCUT2D eigenvalue weighted by Gasteiger charge is 2.32. The standard InChI is InChI=1S/C13H16BrN/c1-7(8-2-3-8)11-6-12(14)9-4-5-10(9)13(11)15/h6-8H,2-5,15H2,1H3. The zero-order valence-electron chi connectivity index (χ0n) is 9.02. The van der Waals surface area contributed by atoms with Crippen molar-refractivity contribution >= 4 is 21.6 Å². The molecule has 0 aliphatic heterocycles. The molecule has 15 heavy (non-hydrogen) atoms. The minimum atomic E-state index is 0.646. The van der Waals surface area contributed by atoms with Gasteiger partial charge in [0.25, 0.3) is 0 Å². The highest BCUT2D eigenvalue weighted by Crippen LogP contribution is 2.47. The molecule has 2 heteroatoms. The highest BCUT2D eigenvalue weighted by molar-refractivity contribution is 9.10. The quantitative estimate of drug-likeness (QED) is 0.812. The Morgan fingerprint density at radius 2 is 2.00 bits per heavy atom. The molecule has 2 N–H and O–H groups in total. The highest BCUT2D eigenvalue weighted by atomic mass is 79.9. The number of fused-ring (bicyclic) bond motifs is 1. The van der Waals surface area contributed by atoms with Crippen LogP contribution in [0, 0.1) is 5.92 Å². The van der Waals surface area contributed by atoms with Crippen molar-refractivity contribution in [2.24, 2.45) is 5.92 Å². The van der Waals surface area contributed by atoms with Crippen LogP contribution in [0.4, 0.5) is 5.69 Å². The molecule has 1 unspecified atom stereocenters. The number of nitrogens with two attached hydrogens (primary N) is 1. The maximum atomic E-state index is 6.25. The van der Waals surface area contributed by atoms with Crippen LogP contribution in [-0.4, -0.2) is 0 Å². The van der Waals surface area contributed by atoms with E-state index in [2.05, 4.69) is 28.9 Å². The van der Waals surface area contributed by atoms with Crippen LogP contribution >= 0.6 is 15.9 Å². The summed E-state index contributed by atoms with van der Waals surface area (Å²) in [7, 11) is 0. The first-order valence-corrected chi connectivity index (χ1v) is 6.57. The van der Waals surface area contributed by atoms with E-state index in [9.17, 15) is 0 Å². The van der Waals surface area contributed by atoms with E-state index in [0.29, 0.717) is 5.92 Å². The molecule has 0 radical (unpaired) electrons. The van der Waals surface area contributed by atoms with Gasteiger partial charge in [-0.15, -0.1) is 0 Å². The molecule has 80 valence electrons. The van der Waals surface area contributed by atoms with Crippen LogP contribution < -0.4 is 5.73 Å². The van der Waals surface area contributed by atoms with E-state index in [1.165, 1.54) is 46.8 Å². The lowest BCUT2D eigenvalue weighted by Crippen LogP contribution is -2.16. The molecule has 1 aromatic rings. The van der Waals surface area contributed by atoms with Crippen LogP contribution in [0.3, 0.4) is 0 Å². The summed E-state index contributed by atoms with van der Waals surface area (Å²) in [5, 5.41) is 0. The summed E-state index contributed by atoms with van der Waals surface area (Å²) >= 11 is 3.66. The van der Waals surface area contributed by atoms with Gasteiger partial charge < -0.3 is 5.73 Å². The van der Waals surface area contributed by atoms with Crippen LogP contribution in [-0.2, 0) is 12.8 Å². The molecule has 1 atom stereocenters. The van der Waals surface area contributed by atoms with Crippen molar-refractivity contribution in [1.82, 2.24) is 0 Å². The van der Waals surface area contributed by atoms with Crippen molar-refractivity contribution in [3.8, 4) is 0 Å². The van der Waals surface area contributed by atoms with Crippen LogP contribution in [0.5, 0.6) is 0 Å². The van der Waals surface area contributed by atoms with Crippen molar-refractivity contribution in [3.05, 3.63) is 27.2 Å². The monoisotopic (exact) mass is 265 g/mol. The Bertz CT molecular complexity index is 421. The van der Waals surface area contributed by atoms with E-state index in [4.69, 9.17) is 5.73 Å². The first-order chi connectivity index (χ1) is 7.18. The molecule has 1 saturated carbocycles. The van der Waals surface area contributed by atoms with Gasteiger partial charge in [0.15, 0.2) is 0 Å². The molecule has 0 aromatic heterocycles. The molecule has 3 rings (SSSR count). The summed E-state index contributed by atoms with van der Waals surface area (Å²) in [4.78, 5) is 0. The average molecular weight is 266 g/mol. The van der Waals surface area contributed by atoms with Gasteiger partial charge in [-0.1, -0.05) is 22.9 Å². The lowest BCUT2D eigenvalue weighted by molar-refractivity contribution is 0.661. The van der Waals surface area contributed by atoms with Crippen LogP contribution in [0.15, 0.2) is 10.5 Å². The number of hydrogen-bond acceptors (Lipinski definition) is 1. The van der Waals surface area contributed by atoms with E-state index >= 15 is 0 Å². The van der Waals surface area contributed by atoms with Gasteiger partial charge in [0.1, 0.15) is 0 Å². The summed E-state index contributed by atoms with van der Waals surface area (Å²) < 4.78 is 1.28. The first kappa shape index (κ1) is 9.71. The van der Waals surface area contributed by atoms with Crippen molar-refractivity contribution in [1.29, 1.82) is 0 Å². The molecule has 0 heterocycles. The molecule has 1 aromatic carbocycles. The Hall–Kier alpha value is -0.500. The minimum absolute atomic E-state index is 0.646. The van der Waals surface area contributed by atoms with E-state index < -0.39 is 0 Å². The van der Waals surface area contributed by atoms with E-state index in [1.807, 2.05) is 0 Å². The van der Waals surface area contributed by atoms with Crippen molar-refractivity contribution in [2.75, 3.05) is 5.73 Å². The third kappa shape index (κ3) is 1.42. The van der Waals surface area contributed by atoms with Crippen molar-refractivity contribution < 1.29 is 0 Å². The number of benzene rings is 1. The van der Waals surface area contributed by atoms with Crippen molar-refractivity contribution in [2.45, 2.75) is 38.5 Å². The maximum Gasteiger partial charge on any atom is 0.0385 e. The van der Waals surface area contributed by atoms with Gasteiger partial charge in [0.2, 0.25) is 0 Å². The van der Waals surface area contributed by atoms with Crippen LogP contribution in [0.25, 0.3) is 0 Å². The summed E-state index contributed by atoms with van der Waals surface area (Å²) in [6.07, 6.45) is 5.13. The fraction of sp³-hybridized carbons (Fsp3) is 0.538. The first-order valence-electron chi connectivity index (χ1n) is 5.78. The van der Waals surface area contributed by atoms with Crippen LogP contribution in [0.2, 0.25) is 0 Å². The predicted octanol–water partition coefficient (Wildman–Crippen LogP) is 3.64. The summed E-state index contributed by atoms with van der Waals surface area (Å²) in [5.74, 6) is 1.53. The van der Waals surface area contributed by atoms with Gasteiger partial charge in [0.05, 0.1) is 0 Å². The second-order valence-corrected chi connectivity index (χ2v) is 5.80. The second-order valence-electron chi connectivity index (χ2n) is 4.94. The summed E-state index contributed by atoms with van der Waals surface area (Å²) in [5.41, 5.74) is 11.6. The molecule has 1 nitrogen and oxygen atoms in total. The summed E-state index contributed by atoms with van der Waals surface area (Å²) in [6.45, 7) is 2.32. The largest absolute Gasteiger partial charge is 0.398 e. The van der Waals surface area contributed by atoms with E-state index in [0.717, 1.165) is 11.6 Å². The number of hydrogen-bond donors (Lipinski definition) is 1. The van der Waals surface area contributed by atoms with Crippen molar-refractivity contribution in [3.63, 3.8) is 0 Å². The topological polar surface area (TPSA) is 26.0 Å². The van der Waals surface area contributed by atoms with E-state index in [1.54, 1.807) is 0 Å². The third-order valence-corrected chi connectivity index (χ3v) is 4.72. The lowest BCUT2D eigenvalue weighted by Gasteiger charge is -2.27. The Balaban J connectivity index is 2.07. The van der Waals surface area contributed by atoms with Gasteiger partial charge in [0, 0.05) is 10.2 Å². The smallest absolute Gasteiger partial charge is 0.0385 e. The Morgan fingerprint density at radius 3 is 2.53 bits per heavy atom. The Kier molecular flexibility index (Phi) is 2.10. The predicted molar refractivity (Wildman–Crippen MR) is 67.1 cm³/mol. The maximum absolute atomic E-state index is 6.25. The molecule has 2 aliphatic carbocycles. The normalized spacial score (nSPS) is 20.7. The summed E-state index contributed by atoms with van der Waals surface area (Å²) in [6, 6.07) is 2.26. The van der Waals surface area contributed by atoms with Crippen LogP contribution in [0.1, 0.15) is 42.4 Å². The SMILES string of the molecule is CC(c1cc(Br)c2c(c1N)CC2)C1CC1. The zero-order valence-corrected chi connectivity index (χ0v) is 10.6. The van der Waals surface area contributed by atoms with Gasteiger partial charge in [-0.3, -0.25) is 0 Å². The lowest BCUT2D eigenvalue weighted by atomic mass is 9.82. The van der Waals surface area contributed by atoms with Gasteiger partial charge in [-0.05, 0) is 60.3 Å². The van der Waals surface area contributed by atoms with Gasteiger partial charge >= 0.3 is 0 Å². The third-order valence-electron chi connectivity index (χ3n) is 4.02. The van der Waals surface area contributed by atoms with Gasteiger partial charge in [-0.25, -0.2) is 0 Å². The fourth-order valence-electron chi connectivity index (χ4n) is 2.64. The van der Waals surface area contributed by atoms with Gasteiger partial charge in [-0.2, -0.15) is 0 Å².